The second-order valence-corrected chi connectivity index (χ2v) is 2.42. The Balaban J connectivity index is -0.000000155. The molecule has 0 unspecified atom stereocenters. The van der Waals surface area contributed by atoms with Crippen LogP contribution < -0.4 is 34.0 Å². The number of rotatable bonds is 6. The molecule has 0 saturated heterocycles. The van der Waals surface area contributed by atoms with Gasteiger partial charge < -0.3 is 39.1 Å². The monoisotopic (exact) mass is 224 g/mol. The first-order valence-corrected chi connectivity index (χ1v) is 5.06. The summed E-state index contributed by atoms with van der Waals surface area (Å²) in [6.07, 6.45) is 0. The van der Waals surface area contributed by atoms with Crippen molar-refractivity contribution in [1.82, 2.24) is 5.32 Å². The largest absolute Gasteiger partial charge is 0.395 e. The molecule has 0 aliphatic carbocycles. The Morgan fingerprint density at radius 1 is 0.667 bits per heavy atom. The summed E-state index contributed by atoms with van der Waals surface area (Å²) >= 11 is 0. The van der Waals surface area contributed by atoms with Crippen LogP contribution in [0.2, 0.25) is 0 Å². The normalized spacial score (nSPS) is 8.40. The Morgan fingerprint density at radius 2 is 1.00 bits per heavy atom. The third kappa shape index (κ3) is 57.6. The van der Waals surface area contributed by atoms with E-state index in [2.05, 4.69) is 5.32 Å². The van der Waals surface area contributed by atoms with E-state index in [1.54, 1.807) is 0 Å². The van der Waals surface area contributed by atoms with Crippen molar-refractivity contribution < 1.29 is 5.11 Å². The van der Waals surface area contributed by atoms with E-state index in [9.17, 15) is 0 Å². The third-order valence-corrected chi connectivity index (χ3v) is 0.938. The fourth-order valence-corrected chi connectivity index (χ4v) is 0.329. The lowest BCUT2D eigenvalue weighted by Crippen LogP contribution is -2.27. The van der Waals surface area contributed by atoms with Gasteiger partial charge in [0.15, 0.2) is 0 Å². The van der Waals surface area contributed by atoms with Gasteiger partial charge in [-0.2, -0.15) is 0 Å². The molecule has 0 aliphatic rings. The Morgan fingerprint density at radius 3 is 1.13 bits per heavy atom. The smallest absolute Gasteiger partial charge is 0.0553 e. The lowest BCUT2D eigenvalue weighted by Gasteiger charge is -1.95. The van der Waals surface area contributed by atoms with Gasteiger partial charge in [-0.25, -0.2) is 0 Å². The number of nitrogens with two attached hydrogens (primary N) is 5. The highest BCUT2D eigenvalue weighted by Gasteiger charge is 1.76. The fraction of sp³-hybridized carbons (Fsp3) is 1.00. The summed E-state index contributed by atoms with van der Waals surface area (Å²) in [4.78, 5) is 0. The van der Waals surface area contributed by atoms with Gasteiger partial charge in [0.1, 0.15) is 0 Å². The predicted molar refractivity (Wildman–Crippen MR) is 65.2 cm³/mol. The molecule has 0 radical (unpaired) electrons. The molecule has 0 bridgehead atoms. The Labute approximate surface area is 92.3 Å². The van der Waals surface area contributed by atoms with Crippen molar-refractivity contribution in [3.8, 4) is 0 Å². The molecule has 0 spiro atoms. The Hall–Kier alpha value is -0.280. The van der Waals surface area contributed by atoms with Crippen molar-refractivity contribution >= 4 is 0 Å². The van der Waals surface area contributed by atoms with Crippen molar-refractivity contribution in [3.63, 3.8) is 0 Å². The molecule has 7 heteroatoms. The quantitative estimate of drug-likeness (QED) is 0.229. The van der Waals surface area contributed by atoms with E-state index in [0.29, 0.717) is 32.7 Å². The summed E-state index contributed by atoms with van der Waals surface area (Å²) in [5, 5.41) is 10.8. The fourth-order valence-electron chi connectivity index (χ4n) is 0.329. The SMILES string of the molecule is NCCN.NCCNCCN.NCCO. The van der Waals surface area contributed by atoms with E-state index >= 15 is 0 Å². The van der Waals surface area contributed by atoms with Gasteiger partial charge in [-0.1, -0.05) is 0 Å². The van der Waals surface area contributed by atoms with Crippen LogP contribution in [0.5, 0.6) is 0 Å². The highest BCUT2D eigenvalue weighted by molar-refractivity contribution is 4.45. The van der Waals surface area contributed by atoms with Crippen LogP contribution >= 0.6 is 0 Å². The van der Waals surface area contributed by atoms with Crippen LogP contribution in [0.1, 0.15) is 0 Å². The first kappa shape index (κ1) is 20.2. The van der Waals surface area contributed by atoms with Crippen molar-refractivity contribution in [3.05, 3.63) is 0 Å². The highest BCUT2D eigenvalue weighted by Crippen LogP contribution is 1.49. The molecule has 7 nitrogen and oxygen atoms in total. The predicted octanol–water partition coefficient (Wildman–Crippen LogP) is -3.67. The highest BCUT2D eigenvalue weighted by atomic mass is 16.3. The minimum Gasteiger partial charge on any atom is -0.395 e. The first-order valence-electron chi connectivity index (χ1n) is 5.06. The number of aliphatic hydroxyl groups excluding tert-OH is 1. The molecule has 96 valence electrons. The van der Waals surface area contributed by atoms with Crippen LogP contribution in [-0.4, -0.2) is 57.5 Å². The van der Waals surface area contributed by atoms with Gasteiger partial charge in [0, 0.05) is 45.8 Å². The van der Waals surface area contributed by atoms with Crippen LogP contribution in [0.4, 0.5) is 0 Å². The van der Waals surface area contributed by atoms with Crippen molar-refractivity contribution in [1.29, 1.82) is 0 Å². The molecule has 0 fully saturated rings. The maximum atomic E-state index is 7.75. The maximum Gasteiger partial charge on any atom is 0.0553 e. The second-order valence-electron chi connectivity index (χ2n) is 2.42. The zero-order chi connectivity index (χ0) is 12.4. The minimum absolute atomic E-state index is 0.0972. The molecular weight excluding hydrogens is 196 g/mol. The number of hydrogen-bond acceptors (Lipinski definition) is 7. The molecule has 0 saturated carbocycles. The molecular formula is C8H28N6O. The molecule has 0 aromatic rings. The minimum atomic E-state index is 0.0972. The molecule has 0 atom stereocenters. The van der Waals surface area contributed by atoms with Gasteiger partial charge in [-0.3, -0.25) is 0 Å². The molecule has 0 rings (SSSR count). The molecule has 15 heavy (non-hydrogen) atoms. The van der Waals surface area contributed by atoms with Crippen molar-refractivity contribution in [2.45, 2.75) is 0 Å². The van der Waals surface area contributed by atoms with Crippen LogP contribution in [0.25, 0.3) is 0 Å². The summed E-state index contributed by atoms with van der Waals surface area (Å²) < 4.78 is 0. The van der Waals surface area contributed by atoms with Gasteiger partial charge in [0.25, 0.3) is 0 Å². The standard InChI is InChI=1S/C4H13N3.C2H8N2.C2H7NO/c5-1-3-7-4-2-6;2*3-1-2-4/h7H,1-6H2;1-4H2;4H,1-3H2. The van der Waals surface area contributed by atoms with Crippen LogP contribution in [0.3, 0.4) is 0 Å². The summed E-state index contributed by atoms with van der Waals surface area (Å²) in [5.41, 5.74) is 24.9. The summed E-state index contributed by atoms with van der Waals surface area (Å²) in [5.74, 6) is 0. The first-order chi connectivity index (χ1) is 7.24. The molecule has 0 amide bonds. The van der Waals surface area contributed by atoms with E-state index < -0.39 is 0 Å². The average Bonchev–Trinajstić information content (AvgIpc) is 2.30. The van der Waals surface area contributed by atoms with Crippen LogP contribution in [0, 0.1) is 0 Å². The lowest BCUT2D eigenvalue weighted by atomic mass is 10.6. The van der Waals surface area contributed by atoms with E-state index in [1.165, 1.54) is 0 Å². The maximum absolute atomic E-state index is 7.75. The number of hydrogen-bond donors (Lipinski definition) is 7. The second kappa shape index (κ2) is 29.2. The van der Waals surface area contributed by atoms with E-state index in [1.807, 2.05) is 0 Å². The lowest BCUT2D eigenvalue weighted by molar-refractivity contribution is 0.306. The Kier molecular flexibility index (Phi) is 39.3. The van der Waals surface area contributed by atoms with Crippen LogP contribution in [0.15, 0.2) is 0 Å². The van der Waals surface area contributed by atoms with E-state index in [-0.39, 0.29) is 6.61 Å². The van der Waals surface area contributed by atoms with E-state index in [0.717, 1.165) is 13.1 Å². The van der Waals surface area contributed by atoms with Gasteiger partial charge in [-0.15, -0.1) is 0 Å². The van der Waals surface area contributed by atoms with Gasteiger partial charge >= 0.3 is 0 Å². The Bertz CT molecular complexity index is 64.2. The average molecular weight is 224 g/mol. The van der Waals surface area contributed by atoms with Gasteiger partial charge in [0.2, 0.25) is 0 Å². The molecule has 0 aromatic carbocycles. The number of aliphatic hydroxyl groups is 1. The molecule has 0 heterocycles. The third-order valence-electron chi connectivity index (χ3n) is 0.938. The molecule has 0 aliphatic heterocycles. The zero-order valence-electron chi connectivity index (χ0n) is 9.49. The van der Waals surface area contributed by atoms with E-state index in [4.69, 9.17) is 33.8 Å². The van der Waals surface area contributed by atoms with Crippen molar-refractivity contribution in [2.75, 3.05) is 52.4 Å². The molecule has 0 aromatic heterocycles. The van der Waals surface area contributed by atoms with Crippen molar-refractivity contribution in [2.24, 2.45) is 28.7 Å². The summed E-state index contributed by atoms with van der Waals surface area (Å²) in [7, 11) is 0. The topological polar surface area (TPSA) is 162 Å². The zero-order valence-corrected chi connectivity index (χ0v) is 9.49. The van der Waals surface area contributed by atoms with Gasteiger partial charge in [0.05, 0.1) is 6.61 Å². The van der Waals surface area contributed by atoms with Gasteiger partial charge in [-0.05, 0) is 0 Å². The molecule has 12 N–H and O–H groups in total. The summed E-state index contributed by atoms with van der Waals surface area (Å²) in [6.45, 7) is 4.80. The van der Waals surface area contributed by atoms with Crippen LogP contribution in [-0.2, 0) is 0 Å². The summed E-state index contributed by atoms with van der Waals surface area (Å²) in [6, 6.07) is 0. The number of nitrogens with one attached hydrogen (secondary N) is 1.